The number of aromatic nitrogens is 2. The standard InChI is InChI=1S/C26H26N4O4/c1-17-8-10-19(22(31)12-17)15-27-29-26(32)16-30-21-7-5-4-6-20(21)28-25(30)14-18-9-11-23(33-2)24(13-18)34-3/h4-13,15,31H,14,16H2,1-3H3,(H,29,32)/b27-15+. The minimum atomic E-state index is -0.306. The predicted molar refractivity (Wildman–Crippen MR) is 131 cm³/mol. The fourth-order valence-corrected chi connectivity index (χ4v) is 3.73. The number of imidazole rings is 1. The maximum absolute atomic E-state index is 12.7. The number of phenols is 1. The SMILES string of the molecule is COc1ccc(Cc2nc3ccccc3n2CC(=O)N/N=C/c2ccc(C)cc2O)cc1OC. The van der Waals surface area contributed by atoms with Crippen molar-refractivity contribution in [2.45, 2.75) is 19.9 Å². The van der Waals surface area contributed by atoms with Crippen LogP contribution in [-0.2, 0) is 17.8 Å². The van der Waals surface area contributed by atoms with Gasteiger partial charge in [0.2, 0.25) is 0 Å². The highest BCUT2D eigenvalue weighted by molar-refractivity contribution is 5.86. The number of hydrazone groups is 1. The third-order valence-electron chi connectivity index (χ3n) is 5.42. The summed E-state index contributed by atoms with van der Waals surface area (Å²) in [5, 5.41) is 14.0. The molecule has 34 heavy (non-hydrogen) atoms. The van der Waals surface area contributed by atoms with Gasteiger partial charge in [-0.3, -0.25) is 4.79 Å². The van der Waals surface area contributed by atoms with Gasteiger partial charge in [0.25, 0.3) is 5.91 Å². The number of nitrogens with one attached hydrogen (secondary N) is 1. The summed E-state index contributed by atoms with van der Waals surface area (Å²) in [6, 6.07) is 18.6. The quantitative estimate of drug-likeness (QED) is 0.309. The van der Waals surface area contributed by atoms with Gasteiger partial charge in [0.1, 0.15) is 18.1 Å². The van der Waals surface area contributed by atoms with Crippen LogP contribution in [0.3, 0.4) is 0 Å². The van der Waals surface area contributed by atoms with Crippen molar-refractivity contribution in [3.05, 3.63) is 83.2 Å². The van der Waals surface area contributed by atoms with Crippen molar-refractivity contribution in [3.8, 4) is 17.2 Å². The molecule has 0 bridgehead atoms. The van der Waals surface area contributed by atoms with Crippen molar-refractivity contribution in [1.29, 1.82) is 0 Å². The highest BCUT2D eigenvalue weighted by Crippen LogP contribution is 2.29. The number of benzene rings is 3. The Morgan fingerprint density at radius 2 is 1.88 bits per heavy atom. The Hall–Kier alpha value is -4.33. The molecular formula is C26H26N4O4. The zero-order valence-corrected chi connectivity index (χ0v) is 19.3. The lowest BCUT2D eigenvalue weighted by Gasteiger charge is -2.11. The predicted octanol–water partition coefficient (Wildman–Crippen LogP) is 3.81. The van der Waals surface area contributed by atoms with Crippen molar-refractivity contribution in [2.75, 3.05) is 14.2 Å². The maximum atomic E-state index is 12.7. The molecule has 0 fully saturated rings. The van der Waals surface area contributed by atoms with Crippen molar-refractivity contribution in [2.24, 2.45) is 5.10 Å². The molecule has 8 nitrogen and oxygen atoms in total. The number of nitrogens with zero attached hydrogens (tertiary/aromatic N) is 3. The van der Waals surface area contributed by atoms with E-state index >= 15 is 0 Å². The van der Waals surface area contributed by atoms with E-state index in [1.54, 1.807) is 26.4 Å². The second-order valence-electron chi connectivity index (χ2n) is 7.82. The minimum absolute atomic E-state index is 0.0420. The van der Waals surface area contributed by atoms with Crippen molar-refractivity contribution < 1.29 is 19.4 Å². The largest absolute Gasteiger partial charge is 0.507 e. The third-order valence-corrected chi connectivity index (χ3v) is 5.42. The molecule has 0 unspecified atom stereocenters. The number of ether oxygens (including phenoxy) is 2. The fraction of sp³-hybridized carbons (Fsp3) is 0.192. The van der Waals surface area contributed by atoms with Crippen LogP contribution in [0.15, 0.2) is 65.8 Å². The van der Waals surface area contributed by atoms with Crippen LogP contribution in [0.25, 0.3) is 11.0 Å². The van der Waals surface area contributed by atoms with Gasteiger partial charge in [0.05, 0.1) is 31.5 Å². The molecule has 0 radical (unpaired) electrons. The highest BCUT2D eigenvalue weighted by atomic mass is 16.5. The summed E-state index contributed by atoms with van der Waals surface area (Å²) in [6.45, 7) is 1.93. The van der Waals surface area contributed by atoms with E-state index in [0.29, 0.717) is 23.5 Å². The Morgan fingerprint density at radius 1 is 1.09 bits per heavy atom. The second-order valence-corrected chi connectivity index (χ2v) is 7.82. The first kappa shape index (κ1) is 22.8. The average molecular weight is 459 g/mol. The number of phenolic OH excluding ortho intramolecular Hbond substituents is 1. The number of methoxy groups -OCH3 is 2. The van der Waals surface area contributed by atoms with Gasteiger partial charge in [-0.2, -0.15) is 5.10 Å². The molecule has 1 aromatic heterocycles. The van der Waals surface area contributed by atoms with Crippen LogP contribution in [0.2, 0.25) is 0 Å². The molecule has 0 aliphatic carbocycles. The van der Waals surface area contributed by atoms with Crippen molar-refractivity contribution >= 4 is 23.2 Å². The smallest absolute Gasteiger partial charge is 0.260 e. The van der Waals surface area contributed by atoms with Gasteiger partial charge in [-0.25, -0.2) is 10.4 Å². The van der Waals surface area contributed by atoms with E-state index in [1.807, 2.05) is 60.0 Å². The molecule has 4 aromatic rings. The van der Waals surface area contributed by atoms with Crippen LogP contribution in [0.4, 0.5) is 0 Å². The molecule has 0 atom stereocenters. The first-order chi connectivity index (χ1) is 16.5. The highest BCUT2D eigenvalue weighted by Gasteiger charge is 2.15. The summed E-state index contributed by atoms with van der Waals surface area (Å²) in [6.07, 6.45) is 1.92. The second kappa shape index (κ2) is 10.1. The molecule has 3 aromatic carbocycles. The lowest BCUT2D eigenvalue weighted by Crippen LogP contribution is -2.24. The fourth-order valence-electron chi connectivity index (χ4n) is 3.73. The van der Waals surface area contributed by atoms with E-state index in [1.165, 1.54) is 6.21 Å². The summed E-state index contributed by atoms with van der Waals surface area (Å²) >= 11 is 0. The van der Waals surface area contributed by atoms with Gasteiger partial charge in [-0.15, -0.1) is 0 Å². The molecule has 4 rings (SSSR count). The van der Waals surface area contributed by atoms with E-state index < -0.39 is 0 Å². The number of aromatic hydroxyl groups is 1. The molecule has 2 N–H and O–H groups in total. The molecule has 0 saturated heterocycles. The van der Waals surface area contributed by atoms with Gasteiger partial charge < -0.3 is 19.1 Å². The number of hydrogen-bond donors (Lipinski definition) is 2. The van der Waals surface area contributed by atoms with Gasteiger partial charge in [-0.05, 0) is 54.4 Å². The van der Waals surface area contributed by atoms with E-state index in [4.69, 9.17) is 14.5 Å². The summed E-state index contributed by atoms with van der Waals surface area (Å²) in [5.41, 5.74) is 6.63. The number of carbonyl (C=O) groups is 1. The number of amides is 1. The lowest BCUT2D eigenvalue weighted by molar-refractivity contribution is -0.121. The molecule has 0 aliphatic rings. The zero-order chi connectivity index (χ0) is 24.1. The Kier molecular flexibility index (Phi) is 6.77. The lowest BCUT2D eigenvalue weighted by atomic mass is 10.1. The van der Waals surface area contributed by atoms with Crippen molar-refractivity contribution in [3.63, 3.8) is 0 Å². The molecule has 0 aliphatic heterocycles. The van der Waals surface area contributed by atoms with Crippen LogP contribution < -0.4 is 14.9 Å². The van der Waals surface area contributed by atoms with Crippen molar-refractivity contribution in [1.82, 2.24) is 15.0 Å². The van der Waals surface area contributed by atoms with Crippen LogP contribution in [0.1, 0.15) is 22.5 Å². The number of rotatable bonds is 8. The van der Waals surface area contributed by atoms with Crippen LogP contribution in [0.5, 0.6) is 17.2 Å². The number of hydrogen-bond acceptors (Lipinski definition) is 6. The average Bonchev–Trinajstić information content (AvgIpc) is 3.17. The number of fused-ring (bicyclic) bond motifs is 1. The zero-order valence-electron chi connectivity index (χ0n) is 19.3. The van der Waals surface area contributed by atoms with Crippen LogP contribution in [-0.4, -0.2) is 41.0 Å². The molecule has 1 amide bonds. The Balaban J connectivity index is 1.55. The van der Waals surface area contributed by atoms with Gasteiger partial charge in [-0.1, -0.05) is 24.3 Å². The van der Waals surface area contributed by atoms with Gasteiger partial charge in [0, 0.05) is 12.0 Å². The first-order valence-corrected chi connectivity index (χ1v) is 10.7. The van der Waals surface area contributed by atoms with Gasteiger partial charge >= 0.3 is 0 Å². The molecule has 0 saturated carbocycles. The van der Waals surface area contributed by atoms with E-state index in [2.05, 4.69) is 10.5 Å². The van der Waals surface area contributed by atoms with Crippen LogP contribution in [0, 0.1) is 6.92 Å². The Bertz CT molecular complexity index is 1360. The first-order valence-electron chi connectivity index (χ1n) is 10.7. The number of aryl methyl sites for hydroxylation is 1. The molecule has 174 valence electrons. The molecule has 0 spiro atoms. The minimum Gasteiger partial charge on any atom is -0.507 e. The monoisotopic (exact) mass is 458 g/mol. The topological polar surface area (TPSA) is 98.0 Å². The number of carbonyl (C=O) groups excluding carboxylic acids is 1. The molecule has 8 heteroatoms. The third kappa shape index (κ3) is 5.01. The van der Waals surface area contributed by atoms with E-state index in [9.17, 15) is 9.90 Å². The van der Waals surface area contributed by atoms with Gasteiger partial charge in [0.15, 0.2) is 11.5 Å². The van der Waals surface area contributed by atoms with E-state index in [-0.39, 0.29) is 18.2 Å². The normalized spacial score (nSPS) is 11.1. The summed E-state index contributed by atoms with van der Waals surface area (Å²) in [4.78, 5) is 17.4. The van der Waals surface area contributed by atoms with E-state index in [0.717, 1.165) is 28.0 Å². The summed E-state index contributed by atoms with van der Waals surface area (Å²) in [5.74, 6) is 1.82. The maximum Gasteiger partial charge on any atom is 0.260 e. The molecule has 1 heterocycles. The molecular weight excluding hydrogens is 432 g/mol. The summed E-state index contributed by atoms with van der Waals surface area (Å²) < 4.78 is 12.6. The Labute approximate surface area is 197 Å². The summed E-state index contributed by atoms with van der Waals surface area (Å²) in [7, 11) is 3.19. The van der Waals surface area contributed by atoms with Crippen LogP contribution >= 0.6 is 0 Å². The Morgan fingerprint density at radius 3 is 2.65 bits per heavy atom. The number of para-hydroxylation sites is 2.